The number of aryl methyl sites for hydroxylation is 1. The van der Waals surface area contributed by atoms with Crippen LogP contribution in [0.3, 0.4) is 0 Å². The average molecular weight is 357 g/mol. The molecular weight excluding hydrogens is 330 g/mol. The zero-order valence-electron chi connectivity index (χ0n) is 15.8. The van der Waals surface area contributed by atoms with Crippen molar-refractivity contribution >= 4 is 16.8 Å². The number of rotatable bonds is 5. The third-order valence-electron chi connectivity index (χ3n) is 5.15. The number of likely N-dealkylation sites (N-methyl/N-ethyl adjacent to an activating group) is 1. The molecule has 1 amide bonds. The van der Waals surface area contributed by atoms with Gasteiger partial charge >= 0.3 is 0 Å². The summed E-state index contributed by atoms with van der Waals surface area (Å²) in [5.41, 5.74) is 1.60. The van der Waals surface area contributed by atoms with Gasteiger partial charge in [0.2, 0.25) is 5.91 Å². The van der Waals surface area contributed by atoms with E-state index in [4.69, 9.17) is 4.74 Å². The van der Waals surface area contributed by atoms with E-state index in [1.165, 1.54) is 0 Å². The molecule has 0 radical (unpaired) electrons. The first-order chi connectivity index (χ1) is 12.5. The molecule has 6 nitrogen and oxygen atoms in total. The summed E-state index contributed by atoms with van der Waals surface area (Å²) in [6.45, 7) is 8.26. The molecule has 0 spiro atoms. The molecule has 1 atom stereocenters. The van der Waals surface area contributed by atoms with Crippen LogP contribution in [0.1, 0.15) is 12.6 Å². The van der Waals surface area contributed by atoms with Crippen molar-refractivity contribution in [2.24, 2.45) is 0 Å². The molecule has 0 unspecified atom stereocenters. The van der Waals surface area contributed by atoms with Gasteiger partial charge in [0.15, 0.2) is 5.43 Å². The standard InChI is InChI=1S/C20H27N3O3/c1-15-12-19(24)17-6-4-5-7-18(17)23(15)14-20(25)21(3)13-16(2)22-8-10-26-11-9-22/h4-7,12,16H,8-11,13-14H2,1-3H3/t16-/m0/s1. The van der Waals surface area contributed by atoms with Gasteiger partial charge in [-0.05, 0) is 26.0 Å². The summed E-state index contributed by atoms with van der Waals surface area (Å²) >= 11 is 0. The maximum atomic E-state index is 12.8. The van der Waals surface area contributed by atoms with Gasteiger partial charge in [0.25, 0.3) is 0 Å². The molecule has 2 heterocycles. The zero-order valence-corrected chi connectivity index (χ0v) is 15.8. The number of aromatic nitrogens is 1. The number of hydrogen-bond donors (Lipinski definition) is 0. The molecule has 1 aliphatic heterocycles. The molecule has 1 aliphatic rings. The van der Waals surface area contributed by atoms with Crippen molar-refractivity contribution < 1.29 is 9.53 Å². The number of fused-ring (bicyclic) bond motifs is 1. The van der Waals surface area contributed by atoms with E-state index in [1.807, 2.05) is 42.8 Å². The third kappa shape index (κ3) is 3.97. The molecule has 6 heteroatoms. The van der Waals surface area contributed by atoms with Crippen LogP contribution in [0.15, 0.2) is 35.1 Å². The Bertz CT molecular complexity index is 840. The lowest BCUT2D eigenvalue weighted by atomic mass is 10.2. The average Bonchev–Trinajstić information content (AvgIpc) is 2.65. The molecule has 1 aromatic heterocycles. The van der Waals surface area contributed by atoms with Crippen LogP contribution in [0.25, 0.3) is 10.9 Å². The van der Waals surface area contributed by atoms with Crippen LogP contribution in [0.5, 0.6) is 0 Å². The molecule has 1 aromatic carbocycles. The maximum absolute atomic E-state index is 12.8. The van der Waals surface area contributed by atoms with Gasteiger partial charge in [0, 0.05) is 49.9 Å². The Morgan fingerprint density at radius 2 is 1.96 bits per heavy atom. The number of amides is 1. The van der Waals surface area contributed by atoms with Crippen molar-refractivity contribution in [2.45, 2.75) is 26.4 Å². The Kier molecular flexibility index (Phi) is 5.74. The highest BCUT2D eigenvalue weighted by atomic mass is 16.5. The molecule has 2 aromatic rings. The van der Waals surface area contributed by atoms with Crippen LogP contribution in [0, 0.1) is 6.92 Å². The van der Waals surface area contributed by atoms with Gasteiger partial charge in [0.05, 0.1) is 18.7 Å². The molecule has 3 rings (SSSR count). The monoisotopic (exact) mass is 357 g/mol. The molecule has 140 valence electrons. The molecular formula is C20H27N3O3. The molecule has 0 bridgehead atoms. The number of carbonyl (C=O) groups excluding carboxylic acids is 1. The first kappa shape index (κ1) is 18.6. The third-order valence-corrected chi connectivity index (χ3v) is 5.15. The fraction of sp³-hybridized carbons (Fsp3) is 0.500. The Hall–Kier alpha value is -2.18. The van der Waals surface area contributed by atoms with Gasteiger partial charge in [-0.2, -0.15) is 0 Å². The smallest absolute Gasteiger partial charge is 0.242 e. The Morgan fingerprint density at radius 1 is 1.27 bits per heavy atom. The van der Waals surface area contributed by atoms with Crippen molar-refractivity contribution in [1.82, 2.24) is 14.4 Å². The lowest BCUT2D eigenvalue weighted by Crippen LogP contribution is -2.48. The summed E-state index contributed by atoms with van der Waals surface area (Å²) in [6.07, 6.45) is 0. The fourth-order valence-corrected chi connectivity index (χ4v) is 3.55. The molecule has 0 saturated carbocycles. The summed E-state index contributed by atoms with van der Waals surface area (Å²) in [7, 11) is 1.85. The van der Waals surface area contributed by atoms with Crippen LogP contribution >= 0.6 is 0 Å². The highest BCUT2D eigenvalue weighted by Gasteiger charge is 2.21. The number of ether oxygens (including phenoxy) is 1. The van der Waals surface area contributed by atoms with Crippen LogP contribution in [0.2, 0.25) is 0 Å². The fourth-order valence-electron chi connectivity index (χ4n) is 3.55. The lowest BCUT2D eigenvalue weighted by Gasteiger charge is -2.34. The second-order valence-corrected chi connectivity index (χ2v) is 7.02. The van der Waals surface area contributed by atoms with E-state index in [1.54, 1.807) is 11.0 Å². The van der Waals surface area contributed by atoms with Crippen molar-refractivity contribution in [3.63, 3.8) is 0 Å². The van der Waals surface area contributed by atoms with Crippen LogP contribution in [-0.4, -0.2) is 66.2 Å². The van der Waals surface area contributed by atoms with Crippen molar-refractivity contribution in [1.29, 1.82) is 0 Å². The number of benzene rings is 1. The highest BCUT2D eigenvalue weighted by Crippen LogP contribution is 2.13. The van der Waals surface area contributed by atoms with E-state index in [9.17, 15) is 9.59 Å². The second-order valence-electron chi connectivity index (χ2n) is 7.02. The van der Waals surface area contributed by atoms with Gasteiger partial charge in [-0.3, -0.25) is 14.5 Å². The molecule has 1 saturated heterocycles. The first-order valence-electron chi connectivity index (χ1n) is 9.12. The quantitative estimate of drug-likeness (QED) is 0.814. The van der Waals surface area contributed by atoms with E-state index >= 15 is 0 Å². The maximum Gasteiger partial charge on any atom is 0.242 e. The summed E-state index contributed by atoms with van der Waals surface area (Å²) in [5.74, 6) is 0.0435. The van der Waals surface area contributed by atoms with Crippen molar-refractivity contribution in [3.05, 3.63) is 46.2 Å². The summed E-state index contributed by atoms with van der Waals surface area (Å²) < 4.78 is 7.32. The number of pyridine rings is 1. The zero-order chi connectivity index (χ0) is 18.7. The van der Waals surface area contributed by atoms with Crippen molar-refractivity contribution in [3.8, 4) is 0 Å². The van der Waals surface area contributed by atoms with Crippen LogP contribution < -0.4 is 5.43 Å². The molecule has 0 aliphatic carbocycles. The van der Waals surface area contributed by atoms with Crippen molar-refractivity contribution in [2.75, 3.05) is 39.9 Å². The van der Waals surface area contributed by atoms with Crippen LogP contribution in [-0.2, 0) is 16.1 Å². The second kappa shape index (κ2) is 8.01. The minimum Gasteiger partial charge on any atom is -0.379 e. The number of hydrogen-bond acceptors (Lipinski definition) is 4. The Morgan fingerprint density at radius 3 is 2.69 bits per heavy atom. The predicted molar refractivity (Wildman–Crippen MR) is 102 cm³/mol. The summed E-state index contributed by atoms with van der Waals surface area (Å²) in [4.78, 5) is 29.1. The molecule has 26 heavy (non-hydrogen) atoms. The normalized spacial score (nSPS) is 16.6. The minimum absolute atomic E-state index is 0.00362. The SMILES string of the molecule is Cc1cc(=O)c2ccccc2n1CC(=O)N(C)C[C@H](C)N1CCOCC1. The number of carbonyl (C=O) groups is 1. The number of morpholine rings is 1. The topological polar surface area (TPSA) is 54.8 Å². The van der Waals surface area contributed by atoms with E-state index in [2.05, 4.69) is 11.8 Å². The van der Waals surface area contributed by atoms with E-state index < -0.39 is 0 Å². The number of nitrogens with zero attached hydrogens (tertiary/aromatic N) is 3. The summed E-state index contributed by atoms with van der Waals surface area (Å²) in [6, 6.07) is 9.34. The summed E-state index contributed by atoms with van der Waals surface area (Å²) in [5, 5.41) is 0.648. The highest BCUT2D eigenvalue weighted by molar-refractivity contribution is 5.82. The van der Waals surface area contributed by atoms with E-state index in [0.717, 1.165) is 37.5 Å². The van der Waals surface area contributed by atoms with Gasteiger partial charge in [-0.1, -0.05) is 12.1 Å². The van der Waals surface area contributed by atoms with Gasteiger partial charge in [-0.25, -0.2) is 0 Å². The minimum atomic E-state index is -0.00362. The Labute approximate surface area is 154 Å². The first-order valence-corrected chi connectivity index (χ1v) is 9.12. The van der Waals surface area contributed by atoms with Gasteiger partial charge in [-0.15, -0.1) is 0 Å². The molecule has 1 fully saturated rings. The lowest BCUT2D eigenvalue weighted by molar-refractivity contribution is -0.131. The largest absolute Gasteiger partial charge is 0.379 e. The van der Waals surface area contributed by atoms with E-state index in [0.29, 0.717) is 18.0 Å². The van der Waals surface area contributed by atoms with Gasteiger partial charge in [0.1, 0.15) is 6.54 Å². The van der Waals surface area contributed by atoms with Gasteiger partial charge < -0.3 is 14.2 Å². The van der Waals surface area contributed by atoms with Crippen LogP contribution in [0.4, 0.5) is 0 Å². The molecule has 0 N–H and O–H groups in total. The predicted octanol–water partition coefficient (Wildman–Crippen LogP) is 1.49. The van der Waals surface area contributed by atoms with E-state index in [-0.39, 0.29) is 17.9 Å². The Balaban J connectivity index is 1.73. The number of para-hydroxylation sites is 1.